The Kier molecular flexibility index (Phi) is 3.89. The van der Waals surface area contributed by atoms with E-state index < -0.39 is 10.8 Å². The number of amides is 2. The van der Waals surface area contributed by atoms with Gasteiger partial charge in [0.25, 0.3) is 5.91 Å². The smallest absolute Gasteiger partial charge is 0.345 e. The van der Waals surface area contributed by atoms with Gasteiger partial charge in [-0.25, -0.2) is 4.98 Å². The van der Waals surface area contributed by atoms with Crippen LogP contribution in [0.15, 0.2) is 30.5 Å². The number of benzene rings is 1. The van der Waals surface area contributed by atoms with Crippen LogP contribution in [-0.4, -0.2) is 34.9 Å². The van der Waals surface area contributed by atoms with Gasteiger partial charge in [-0.15, -0.1) is 0 Å². The molecular formula is C13H10N4O5S. The van der Waals surface area contributed by atoms with Crippen LogP contribution in [0, 0.1) is 10.1 Å². The van der Waals surface area contributed by atoms with Gasteiger partial charge in [0, 0.05) is 0 Å². The number of hydrogen-bond acceptors (Lipinski definition) is 7. The average molecular weight is 334 g/mol. The monoisotopic (exact) mass is 334 g/mol. The molecule has 0 saturated carbocycles. The van der Waals surface area contributed by atoms with Crippen LogP contribution in [-0.2, 0) is 9.59 Å². The molecule has 23 heavy (non-hydrogen) atoms. The van der Waals surface area contributed by atoms with E-state index in [2.05, 4.69) is 10.3 Å². The molecule has 0 spiro atoms. The standard InChI is InChI=1S/C13H10N4O5S/c18-10(15-13-14-5-12(23-13)17(20)21)6-16-8-3-1-2-4-9(8)22-7-11(16)19/h1-5H,6-7H2,(H,14,15,18). The third kappa shape index (κ3) is 3.11. The molecule has 9 nitrogen and oxygen atoms in total. The number of para-hydroxylation sites is 2. The van der Waals surface area contributed by atoms with Crippen molar-refractivity contribution < 1.29 is 19.2 Å². The molecule has 0 radical (unpaired) electrons. The second-order valence-electron chi connectivity index (χ2n) is 4.55. The number of carbonyl (C=O) groups is 2. The fraction of sp³-hybridized carbons (Fsp3) is 0.154. The lowest BCUT2D eigenvalue weighted by molar-refractivity contribution is -0.380. The lowest BCUT2D eigenvalue weighted by Crippen LogP contribution is -2.43. The second-order valence-corrected chi connectivity index (χ2v) is 5.55. The summed E-state index contributed by atoms with van der Waals surface area (Å²) < 4.78 is 5.29. The molecule has 1 aliphatic heterocycles. The van der Waals surface area contributed by atoms with Crippen LogP contribution in [0.2, 0.25) is 0 Å². The molecule has 0 atom stereocenters. The number of anilines is 2. The van der Waals surface area contributed by atoms with Crippen LogP contribution in [0.5, 0.6) is 5.75 Å². The van der Waals surface area contributed by atoms with Crippen LogP contribution in [0.4, 0.5) is 15.8 Å². The largest absolute Gasteiger partial charge is 0.482 e. The van der Waals surface area contributed by atoms with Gasteiger partial charge in [-0.2, -0.15) is 0 Å². The first-order valence-corrected chi connectivity index (χ1v) is 7.28. The van der Waals surface area contributed by atoms with E-state index >= 15 is 0 Å². The van der Waals surface area contributed by atoms with Gasteiger partial charge in [0.05, 0.1) is 10.6 Å². The Bertz CT molecular complexity index is 790. The Morgan fingerprint density at radius 2 is 2.26 bits per heavy atom. The fourth-order valence-corrected chi connectivity index (χ4v) is 2.69. The van der Waals surface area contributed by atoms with E-state index in [0.29, 0.717) is 11.4 Å². The lowest BCUT2D eigenvalue weighted by atomic mass is 10.2. The number of aromatic nitrogens is 1. The summed E-state index contributed by atoms with van der Waals surface area (Å²) in [4.78, 5) is 39.1. The normalized spacial score (nSPS) is 13.2. The Labute approximate surface area is 133 Å². The summed E-state index contributed by atoms with van der Waals surface area (Å²) in [5.41, 5.74) is 0.504. The van der Waals surface area contributed by atoms with Gasteiger partial charge >= 0.3 is 5.00 Å². The summed E-state index contributed by atoms with van der Waals surface area (Å²) in [7, 11) is 0. The minimum absolute atomic E-state index is 0.107. The molecule has 1 N–H and O–H groups in total. The van der Waals surface area contributed by atoms with Crippen molar-refractivity contribution in [3.63, 3.8) is 0 Å². The highest BCUT2D eigenvalue weighted by Gasteiger charge is 2.27. The molecule has 0 aliphatic carbocycles. The molecule has 2 amide bonds. The molecule has 3 rings (SSSR count). The molecular weight excluding hydrogens is 324 g/mol. The van der Waals surface area contributed by atoms with Crippen molar-refractivity contribution >= 4 is 39.0 Å². The van der Waals surface area contributed by atoms with Crippen molar-refractivity contribution in [3.05, 3.63) is 40.6 Å². The predicted molar refractivity (Wildman–Crippen MR) is 81.7 cm³/mol. The van der Waals surface area contributed by atoms with Gasteiger partial charge in [0.1, 0.15) is 18.5 Å². The van der Waals surface area contributed by atoms with E-state index in [-0.39, 0.29) is 29.2 Å². The van der Waals surface area contributed by atoms with Crippen molar-refractivity contribution in [2.45, 2.75) is 0 Å². The number of hydrogen-bond donors (Lipinski definition) is 1. The molecule has 0 unspecified atom stereocenters. The van der Waals surface area contributed by atoms with Gasteiger partial charge in [0.2, 0.25) is 5.91 Å². The van der Waals surface area contributed by atoms with Crippen LogP contribution in [0.3, 0.4) is 0 Å². The highest BCUT2D eigenvalue weighted by molar-refractivity contribution is 7.18. The summed E-state index contributed by atoms with van der Waals surface area (Å²) in [6.45, 7) is -0.375. The topological polar surface area (TPSA) is 115 Å². The maximum absolute atomic E-state index is 12.1. The van der Waals surface area contributed by atoms with E-state index in [4.69, 9.17) is 4.74 Å². The van der Waals surface area contributed by atoms with E-state index in [1.54, 1.807) is 24.3 Å². The molecule has 0 bridgehead atoms. The van der Waals surface area contributed by atoms with E-state index in [0.717, 1.165) is 17.5 Å². The number of nitrogens with zero attached hydrogens (tertiary/aromatic N) is 3. The summed E-state index contributed by atoms with van der Waals surface area (Å²) in [5, 5.41) is 13.0. The first-order valence-electron chi connectivity index (χ1n) is 6.47. The van der Waals surface area contributed by atoms with Gasteiger partial charge in [0.15, 0.2) is 11.7 Å². The third-order valence-corrected chi connectivity index (χ3v) is 3.89. The minimum atomic E-state index is -0.588. The number of thiazole rings is 1. The van der Waals surface area contributed by atoms with E-state index in [1.165, 1.54) is 4.90 Å². The van der Waals surface area contributed by atoms with E-state index in [1.807, 2.05) is 0 Å². The quantitative estimate of drug-likeness (QED) is 0.668. The zero-order valence-corrected chi connectivity index (χ0v) is 12.4. The molecule has 1 aromatic carbocycles. The third-order valence-electron chi connectivity index (χ3n) is 3.03. The molecule has 0 saturated heterocycles. The van der Waals surface area contributed by atoms with Crippen molar-refractivity contribution in [1.29, 1.82) is 0 Å². The molecule has 1 aliphatic rings. The van der Waals surface area contributed by atoms with Crippen molar-refractivity contribution in [3.8, 4) is 5.75 Å². The Morgan fingerprint density at radius 3 is 3.00 bits per heavy atom. The average Bonchev–Trinajstić information content (AvgIpc) is 2.99. The lowest BCUT2D eigenvalue weighted by Gasteiger charge is -2.28. The maximum Gasteiger partial charge on any atom is 0.345 e. The number of ether oxygens (including phenoxy) is 1. The summed E-state index contributed by atoms with van der Waals surface area (Å²) in [6, 6.07) is 6.88. The van der Waals surface area contributed by atoms with Crippen molar-refractivity contribution in [2.24, 2.45) is 0 Å². The summed E-state index contributed by atoms with van der Waals surface area (Å²) >= 11 is 0.747. The van der Waals surface area contributed by atoms with Crippen LogP contribution in [0.25, 0.3) is 0 Å². The fourth-order valence-electron chi connectivity index (χ4n) is 2.04. The zero-order valence-electron chi connectivity index (χ0n) is 11.6. The Balaban J connectivity index is 1.72. The second kappa shape index (κ2) is 6.01. The van der Waals surface area contributed by atoms with Gasteiger partial charge in [-0.1, -0.05) is 12.1 Å². The Hall–Kier alpha value is -3.01. The molecule has 2 aromatic rings. The molecule has 0 fully saturated rings. The SMILES string of the molecule is O=C(CN1C(=O)COc2ccccc21)Nc1ncc([N+](=O)[O-])s1. The van der Waals surface area contributed by atoms with Crippen LogP contribution >= 0.6 is 11.3 Å². The van der Waals surface area contributed by atoms with Gasteiger partial charge in [-0.3, -0.25) is 24.6 Å². The first kappa shape index (κ1) is 14.9. The predicted octanol–water partition coefficient (Wildman–Crippen LogP) is 1.42. The summed E-state index contributed by atoms with van der Waals surface area (Å²) in [6.07, 6.45) is 1.06. The number of rotatable bonds is 4. The van der Waals surface area contributed by atoms with Gasteiger partial charge in [-0.05, 0) is 23.5 Å². The number of carbonyl (C=O) groups excluding carboxylic acids is 2. The molecule has 10 heteroatoms. The maximum atomic E-state index is 12.1. The minimum Gasteiger partial charge on any atom is -0.482 e. The van der Waals surface area contributed by atoms with Crippen LogP contribution < -0.4 is 15.0 Å². The Morgan fingerprint density at radius 1 is 1.48 bits per heavy atom. The number of fused-ring (bicyclic) bond motifs is 1. The molecule has 118 valence electrons. The highest BCUT2D eigenvalue weighted by atomic mass is 32.1. The van der Waals surface area contributed by atoms with E-state index in [9.17, 15) is 19.7 Å². The first-order chi connectivity index (χ1) is 11.0. The highest BCUT2D eigenvalue weighted by Crippen LogP contribution is 2.31. The zero-order chi connectivity index (χ0) is 16.4. The van der Waals surface area contributed by atoms with Crippen molar-refractivity contribution in [1.82, 2.24) is 4.98 Å². The molecule has 2 heterocycles. The van der Waals surface area contributed by atoms with Gasteiger partial charge < -0.3 is 10.1 Å². The number of nitro groups is 1. The van der Waals surface area contributed by atoms with Crippen LogP contribution in [0.1, 0.15) is 0 Å². The molecule has 1 aromatic heterocycles. The number of nitrogens with one attached hydrogen (secondary N) is 1. The van der Waals surface area contributed by atoms with Crippen molar-refractivity contribution in [2.75, 3.05) is 23.4 Å². The summed E-state index contributed by atoms with van der Waals surface area (Å²) in [5.74, 6) is -0.326.